The molecule has 0 saturated carbocycles. The van der Waals surface area contributed by atoms with Gasteiger partial charge in [0.1, 0.15) is 11.2 Å². The molecule has 2 saturated heterocycles. The Bertz CT molecular complexity index is 1650. The summed E-state index contributed by atoms with van der Waals surface area (Å²) in [6, 6.07) is 16.7. The molecule has 2 fully saturated rings. The molecule has 14 heteroatoms. The third kappa shape index (κ3) is 8.01. The SMILES string of the molecule is CN(C)C1CCN(COCc2ccc(NC(=O)Nc3ccc(-c4nc(N5CCOCC5)c5ccc(C(F)(F)F)n5n4)cc3)cc2)CC1. The zero-order chi connectivity index (χ0) is 33.0. The highest BCUT2D eigenvalue weighted by atomic mass is 19.4. The average molecular weight is 653 g/mol. The maximum absolute atomic E-state index is 13.8. The average Bonchev–Trinajstić information content (AvgIpc) is 3.51. The van der Waals surface area contributed by atoms with Crippen molar-refractivity contribution >= 4 is 28.7 Å². The summed E-state index contributed by atoms with van der Waals surface area (Å²) in [6.45, 7) is 5.05. The maximum atomic E-state index is 13.8. The lowest BCUT2D eigenvalue weighted by Crippen LogP contribution is -2.42. The molecule has 0 radical (unpaired) electrons. The summed E-state index contributed by atoms with van der Waals surface area (Å²) in [5.41, 5.74) is 2.03. The Morgan fingerprint density at radius 3 is 2.19 bits per heavy atom. The quantitative estimate of drug-likeness (QED) is 0.248. The highest BCUT2D eigenvalue weighted by Crippen LogP contribution is 2.34. The molecule has 0 aliphatic carbocycles. The first-order valence-electron chi connectivity index (χ1n) is 15.7. The molecule has 0 unspecified atom stereocenters. The second-order valence-corrected chi connectivity index (χ2v) is 12.0. The molecule has 47 heavy (non-hydrogen) atoms. The van der Waals surface area contributed by atoms with Gasteiger partial charge < -0.3 is 29.9 Å². The number of hydrogen-bond donors (Lipinski definition) is 2. The normalized spacial score (nSPS) is 16.6. The number of nitrogens with one attached hydrogen (secondary N) is 2. The number of alkyl halides is 3. The Hall–Kier alpha value is -4.24. The fraction of sp³-hybridized carbons (Fsp3) is 0.424. The van der Waals surface area contributed by atoms with Crippen molar-refractivity contribution in [2.75, 3.05) is 75.8 Å². The molecule has 2 aliphatic heterocycles. The predicted molar refractivity (Wildman–Crippen MR) is 173 cm³/mol. The number of anilines is 3. The summed E-state index contributed by atoms with van der Waals surface area (Å²) >= 11 is 0. The maximum Gasteiger partial charge on any atom is 0.433 e. The number of carbonyl (C=O) groups is 1. The van der Waals surface area contributed by atoms with Crippen molar-refractivity contribution in [2.45, 2.75) is 31.7 Å². The van der Waals surface area contributed by atoms with E-state index in [0.717, 1.165) is 42.1 Å². The molecule has 2 aliphatic rings. The topological polar surface area (TPSA) is 99.5 Å². The van der Waals surface area contributed by atoms with E-state index in [1.54, 1.807) is 24.3 Å². The van der Waals surface area contributed by atoms with E-state index < -0.39 is 17.9 Å². The summed E-state index contributed by atoms with van der Waals surface area (Å²) in [5.74, 6) is 0.544. The minimum Gasteiger partial charge on any atom is -0.378 e. The Labute approximate surface area is 271 Å². The highest BCUT2D eigenvalue weighted by Gasteiger charge is 2.35. The molecule has 11 nitrogen and oxygen atoms in total. The first-order chi connectivity index (χ1) is 22.6. The molecule has 4 aromatic rings. The standard InChI is InChI=1S/C33H39F3N8O3/c1-41(2)27-13-15-42(16-14-27)22-47-21-23-3-7-25(8-4-23)37-32(45)38-26-9-5-24(6-10-26)30-39-31(43-17-19-46-20-18-43)28-11-12-29(33(34,35)36)44(28)40-30/h3-12,27H,13-22H2,1-2H3,(H2,37,38,45). The number of rotatable bonds is 9. The molecule has 6 rings (SSSR count). The Morgan fingerprint density at radius 1 is 0.936 bits per heavy atom. The minimum absolute atomic E-state index is 0.134. The van der Waals surface area contributed by atoms with Gasteiger partial charge in [-0.25, -0.2) is 14.3 Å². The van der Waals surface area contributed by atoms with Crippen molar-refractivity contribution in [2.24, 2.45) is 0 Å². The van der Waals surface area contributed by atoms with E-state index in [4.69, 9.17) is 9.47 Å². The first-order valence-corrected chi connectivity index (χ1v) is 15.7. The van der Waals surface area contributed by atoms with Gasteiger partial charge in [0.25, 0.3) is 0 Å². The van der Waals surface area contributed by atoms with Gasteiger partial charge in [-0.15, -0.1) is 5.10 Å². The van der Waals surface area contributed by atoms with Crippen LogP contribution in [0.3, 0.4) is 0 Å². The lowest BCUT2D eigenvalue weighted by atomic mass is 10.1. The van der Waals surface area contributed by atoms with Crippen molar-refractivity contribution < 1.29 is 27.4 Å². The number of halogens is 3. The highest BCUT2D eigenvalue weighted by molar-refractivity contribution is 5.99. The van der Waals surface area contributed by atoms with Crippen LogP contribution in [0.4, 0.5) is 35.2 Å². The molecular formula is C33H39F3N8O3. The minimum atomic E-state index is -4.58. The fourth-order valence-corrected chi connectivity index (χ4v) is 5.86. The Balaban J connectivity index is 1.05. The molecule has 2 N–H and O–H groups in total. The lowest BCUT2D eigenvalue weighted by Gasteiger charge is -2.34. The Morgan fingerprint density at radius 2 is 1.57 bits per heavy atom. The van der Waals surface area contributed by atoms with Gasteiger partial charge in [0.05, 0.1) is 26.6 Å². The van der Waals surface area contributed by atoms with E-state index in [-0.39, 0.29) is 11.3 Å². The van der Waals surface area contributed by atoms with Gasteiger partial charge in [-0.05, 0) is 81.0 Å². The number of urea groups is 1. The number of aromatic nitrogens is 3. The van der Waals surface area contributed by atoms with Gasteiger partial charge in [-0.2, -0.15) is 13.2 Å². The number of benzene rings is 2. The van der Waals surface area contributed by atoms with Crippen molar-refractivity contribution in [3.63, 3.8) is 0 Å². The number of hydrogen-bond acceptors (Lipinski definition) is 8. The number of morpholine rings is 1. The van der Waals surface area contributed by atoms with Crippen molar-refractivity contribution in [1.29, 1.82) is 0 Å². The smallest absolute Gasteiger partial charge is 0.378 e. The van der Waals surface area contributed by atoms with Crippen LogP contribution < -0.4 is 15.5 Å². The molecule has 2 amide bonds. The van der Waals surface area contributed by atoms with Gasteiger partial charge in [-0.3, -0.25) is 4.90 Å². The van der Waals surface area contributed by atoms with Crippen molar-refractivity contribution in [3.8, 4) is 11.4 Å². The molecular weight excluding hydrogens is 613 g/mol. The number of piperidine rings is 1. The van der Waals surface area contributed by atoms with E-state index >= 15 is 0 Å². The zero-order valence-corrected chi connectivity index (χ0v) is 26.5. The number of nitrogens with zero attached hydrogens (tertiary/aromatic N) is 6. The van der Waals surface area contributed by atoms with Gasteiger partial charge >= 0.3 is 12.2 Å². The van der Waals surface area contributed by atoms with E-state index in [1.807, 2.05) is 29.2 Å². The Kier molecular flexibility index (Phi) is 9.92. The molecule has 4 heterocycles. The van der Waals surface area contributed by atoms with E-state index in [1.165, 1.54) is 6.07 Å². The van der Waals surface area contributed by atoms with E-state index in [9.17, 15) is 18.0 Å². The number of likely N-dealkylation sites (tertiary alicyclic amines) is 1. The number of fused-ring (bicyclic) bond motifs is 1. The largest absolute Gasteiger partial charge is 0.433 e. The molecule has 250 valence electrons. The number of carbonyl (C=O) groups excluding carboxylic acids is 1. The van der Waals surface area contributed by atoms with Crippen molar-refractivity contribution in [3.05, 3.63) is 71.9 Å². The van der Waals surface area contributed by atoms with Gasteiger partial charge in [0.15, 0.2) is 11.6 Å². The summed E-state index contributed by atoms with van der Waals surface area (Å²) in [4.78, 5) is 23.9. The second-order valence-electron chi connectivity index (χ2n) is 12.0. The van der Waals surface area contributed by atoms with Crippen LogP contribution in [0.2, 0.25) is 0 Å². The third-order valence-electron chi connectivity index (χ3n) is 8.53. The zero-order valence-electron chi connectivity index (χ0n) is 26.5. The summed E-state index contributed by atoms with van der Waals surface area (Å²) in [5, 5.41) is 9.84. The first kappa shape index (κ1) is 32.7. The van der Waals surface area contributed by atoms with Crippen LogP contribution in [0.15, 0.2) is 60.7 Å². The third-order valence-corrected chi connectivity index (χ3v) is 8.53. The van der Waals surface area contributed by atoms with Crippen LogP contribution >= 0.6 is 0 Å². The molecule has 2 aromatic carbocycles. The van der Waals surface area contributed by atoms with E-state index in [0.29, 0.717) is 68.4 Å². The van der Waals surface area contributed by atoms with Crippen LogP contribution in [0.1, 0.15) is 24.1 Å². The lowest BCUT2D eigenvalue weighted by molar-refractivity contribution is -0.142. The molecule has 2 aromatic heterocycles. The van der Waals surface area contributed by atoms with Crippen LogP contribution in [0.5, 0.6) is 0 Å². The second kappa shape index (κ2) is 14.3. The fourth-order valence-electron chi connectivity index (χ4n) is 5.86. The molecule has 0 spiro atoms. The summed E-state index contributed by atoms with van der Waals surface area (Å²) < 4.78 is 53.6. The van der Waals surface area contributed by atoms with Crippen LogP contribution in [-0.2, 0) is 22.3 Å². The predicted octanol–water partition coefficient (Wildman–Crippen LogP) is 5.40. The number of amides is 2. The van der Waals surface area contributed by atoms with E-state index in [2.05, 4.69) is 44.6 Å². The summed E-state index contributed by atoms with van der Waals surface area (Å²) in [6.07, 6.45) is -2.30. The monoisotopic (exact) mass is 652 g/mol. The van der Waals surface area contributed by atoms with Crippen LogP contribution in [0.25, 0.3) is 16.9 Å². The molecule has 0 bridgehead atoms. The van der Waals surface area contributed by atoms with Gasteiger partial charge in [0, 0.05) is 49.2 Å². The van der Waals surface area contributed by atoms with Crippen LogP contribution in [0, 0.1) is 0 Å². The van der Waals surface area contributed by atoms with Crippen molar-refractivity contribution in [1.82, 2.24) is 24.4 Å². The summed E-state index contributed by atoms with van der Waals surface area (Å²) in [7, 11) is 4.26. The van der Waals surface area contributed by atoms with Crippen LogP contribution in [-0.4, -0.2) is 96.7 Å². The molecule has 0 atom stereocenters. The van der Waals surface area contributed by atoms with Gasteiger partial charge in [0.2, 0.25) is 0 Å². The number of ether oxygens (including phenoxy) is 2. The van der Waals surface area contributed by atoms with Gasteiger partial charge in [-0.1, -0.05) is 12.1 Å².